The molecule has 0 aliphatic rings. The van der Waals surface area contributed by atoms with Crippen LogP contribution in [0.15, 0.2) is 12.1 Å². The highest BCUT2D eigenvalue weighted by Gasteiger charge is 2.41. The van der Waals surface area contributed by atoms with Crippen LogP contribution in [0.5, 0.6) is 0 Å². The molecule has 116 valence electrons. The maximum absolute atomic E-state index is 13.8. The summed E-state index contributed by atoms with van der Waals surface area (Å²) in [6.07, 6.45) is -5.21. The van der Waals surface area contributed by atoms with Crippen LogP contribution < -0.4 is 5.32 Å². The first-order chi connectivity index (χ1) is 9.34. The fourth-order valence-electron chi connectivity index (χ4n) is 1.33. The van der Waals surface area contributed by atoms with Crippen molar-refractivity contribution in [2.75, 3.05) is 5.32 Å². The van der Waals surface area contributed by atoms with Crippen molar-refractivity contribution in [1.82, 2.24) is 0 Å². The summed E-state index contributed by atoms with van der Waals surface area (Å²) in [4.78, 5) is 23.1. The van der Waals surface area contributed by atoms with Crippen molar-refractivity contribution in [3.63, 3.8) is 0 Å². The van der Waals surface area contributed by atoms with Crippen LogP contribution in [0, 0.1) is 11.2 Å². The number of benzene rings is 1. The van der Waals surface area contributed by atoms with Crippen molar-refractivity contribution in [3.8, 4) is 0 Å². The summed E-state index contributed by atoms with van der Waals surface area (Å²) in [5.74, 6) is -4.24. The second kappa shape index (κ2) is 5.63. The predicted octanol–water partition coefficient (Wildman–Crippen LogP) is 4.21. The zero-order valence-corrected chi connectivity index (χ0v) is 12.1. The molecule has 0 radical (unpaired) electrons. The summed E-state index contributed by atoms with van der Waals surface area (Å²) in [5.41, 5.74) is -2.85. The molecule has 0 bridgehead atoms. The van der Waals surface area contributed by atoms with Gasteiger partial charge in [-0.15, -0.1) is 0 Å². The van der Waals surface area contributed by atoms with Gasteiger partial charge >= 0.3 is 6.18 Å². The monoisotopic (exact) mass is 325 g/mol. The van der Waals surface area contributed by atoms with E-state index >= 15 is 0 Å². The number of alkyl halides is 3. The van der Waals surface area contributed by atoms with E-state index in [1.807, 2.05) is 5.32 Å². The van der Waals surface area contributed by atoms with Crippen LogP contribution >= 0.6 is 11.6 Å². The maximum atomic E-state index is 13.8. The third-order valence-electron chi connectivity index (χ3n) is 2.48. The number of Topliss-reactive ketones (excluding diaryl/α,β-unsaturated/α-hetero) is 1. The molecule has 0 unspecified atom stereocenters. The minimum atomic E-state index is -5.21. The van der Waals surface area contributed by atoms with Crippen LogP contribution in [0.1, 0.15) is 31.1 Å². The lowest BCUT2D eigenvalue weighted by Crippen LogP contribution is -2.30. The van der Waals surface area contributed by atoms with Crippen molar-refractivity contribution in [2.24, 2.45) is 5.41 Å². The van der Waals surface area contributed by atoms with Gasteiger partial charge in [-0.2, -0.15) is 13.2 Å². The highest BCUT2D eigenvalue weighted by atomic mass is 35.5. The Kier molecular flexibility index (Phi) is 4.67. The SMILES string of the molecule is CC(C)(C)C(=O)Nc1c(F)cc(Cl)cc1C(=O)C(F)(F)F. The molecule has 8 heteroatoms. The normalized spacial score (nSPS) is 12.2. The molecule has 0 aromatic heterocycles. The van der Waals surface area contributed by atoms with E-state index in [-0.39, 0.29) is 5.02 Å². The van der Waals surface area contributed by atoms with E-state index in [4.69, 9.17) is 11.6 Å². The summed E-state index contributed by atoms with van der Waals surface area (Å²) in [6.45, 7) is 4.46. The lowest BCUT2D eigenvalue weighted by molar-refractivity contribution is -0.123. The number of carbonyl (C=O) groups excluding carboxylic acids is 2. The molecule has 0 fully saturated rings. The smallest absolute Gasteiger partial charge is 0.323 e. The average Bonchev–Trinajstić information content (AvgIpc) is 2.28. The third-order valence-corrected chi connectivity index (χ3v) is 2.70. The molecular weight excluding hydrogens is 314 g/mol. The molecular formula is C13H12ClF4NO2. The molecule has 0 spiro atoms. The van der Waals surface area contributed by atoms with Crippen LogP contribution in [0.3, 0.4) is 0 Å². The summed E-state index contributed by atoms with van der Waals surface area (Å²) in [6, 6.07) is 1.38. The van der Waals surface area contributed by atoms with Gasteiger partial charge in [-0.25, -0.2) is 4.39 Å². The summed E-state index contributed by atoms with van der Waals surface area (Å²) in [5, 5.41) is 1.62. The lowest BCUT2D eigenvalue weighted by Gasteiger charge is -2.20. The van der Waals surface area contributed by atoms with E-state index in [0.29, 0.717) is 12.1 Å². The molecule has 0 atom stereocenters. The lowest BCUT2D eigenvalue weighted by atomic mass is 9.95. The third kappa shape index (κ3) is 4.17. The van der Waals surface area contributed by atoms with Crippen LogP contribution in [0.25, 0.3) is 0 Å². The summed E-state index contributed by atoms with van der Waals surface area (Å²) < 4.78 is 51.4. The topological polar surface area (TPSA) is 46.2 Å². The number of amides is 1. The Labute approximate surface area is 123 Å². The number of hydrogen-bond acceptors (Lipinski definition) is 2. The molecule has 0 saturated heterocycles. The van der Waals surface area contributed by atoms with Crippen LogP contribution in [-0.2, 0) is 4.79 Å². The molecule has 1 aromatic rings. The number of rotatable bonds is 2. The predicted molar refractivity (Wildman–Crippen MR) is 69.9 cm³/mol. The van der Waals surface area contributed by atoms with Crippen LogP contribution in [0.4, 0.5) is 23.2 Å². The highest BCUT2D eigenvalue weighted by Crippen LogP contribution is 2.32. The number of anilines is 1. The van der Waals surface area contributed by atoms with E-state index in [2.05, 4.69) is 0 Å². The minimum absolute atomic E-state index is 0.381. The Morgan fingerprint density at radius 3 is 2.10 bits per heavy atom. The van der Waals surface area contributed by atoms with Gasteiger partial charge in [0.15, 0.2) is 0 Å². The molecule has 3 nitrogen and oxygen atoms in total. The van der Waals surface area contributed by atoms with Crippen molar-refractivity contribution < 1.29 is 27.2 Å². The molecule has 0 heterocycles. The number of carbonyl (C=O) groups is 2. The van der Waals surface area contributed by atoms with Crippen molar-refractivity contribution in [2.45, 2.75) is 26.9 Å². The van der Waals surface area contributed by atoms with Gasteiger partial charge in [-0.05, 0) is 12.1 Å². The van der Waals surface area contributed by atoms with Gasteiger partial charge in [-0.3, -0.25) is 9.59 Å². The maximum Gasteiger partial charge on any atom is 0.454 e. The number of hydrogen-bond donors (Lipinski definition) is 1. The second-order valence-electron chi connectivity index (χ2n) is 5.34. The van der Waals surface area contributed by atoms with E-state index in [1.165, 1.54) is 20.8 Å². The zero-order valence-electron chi connectivity index (χ0n) is 11.4. The van der Waals surface area contributed by atoms with Gasteiger partial charge in [0.2, 0.25) is 5.91 Å². The van der Waals surface area contributed by atoms with Crippen LogP contribution in [-0.4, -0.2) is 17.9 Å². The first-order valence-electron chi connectivity index (χ1n) is 5.76. The average molecular weight is 326 g/mol. The minimum Gasteiger partial charge on any atom is -0.323 e. The molecule has 1 rings (SSSR count). The molecule has 1 N–H and O–H groups in total. The quantitative estimate of drug-likeness (QED) is 0.654. The Morgan fingerprint density at radius 2 is 1.67 bits per heavy atom. The van der Waals surface area contributed by atoms with Gasteiger partial charge in [-0.1, -0.05) is 32.4 Å². The van der Waals surface area contributed by atoms with E-state index in [9.17, 15) is 27.2 Å². The van der Waals surface area contributed by atoms with Crippen LogP contribution in [0.2, 0.25) is 5.02 Å². The summed E-state index contributed by atoms with van der Waals surface area (Å²) in [7, 11) is 0. The number of ketones is 1. The molecule has 0 saturated carbocycles. The van der Waals surface area contributed by atoms with Crippen molar-refractivity contribution >= 4 is 29.0 Å². The Balaban J connectivity index is 3.38. The Hall–Kier alpha value is -1.63. The first-order valence-corrected chi connectivity index (χ1v) is 6.14. The molecule has 21 heavy (non-hydrogen) atoms. The molecule has 1 aromatic carbocycles. The van der Waals surface area contributed by atoms with E-state index in [0.717, 1.165) is 0 Å². The van der Waals surface area contributed by atoms with Gasteiger partial charge < -0.3 is 5.32 Å². The zero-order chi connectivity index (χ0) is 16.6. The molecule has 0 aliphatic carbocycles. The molecule has 0 aliphatic heterocycles. The van der Waals surface area contributed by atoms with Crippen molar-refractivity contribution in [1.29, 1.82) is 0 Å². The van der Waals surface area contributed by atoms with Gasteiger partial charge in [0.25, 0.3) is 5.78 Å². The number of nitrogens with one attached hydrogen (secondary N) is 1. The fourth-order valence-corrected chi connectivity index (χ4v) is 1.54. The van der Waals surface area contributed by atoms with Crippen molar-refractivity contribution in [3.05, 3.63) is 28.5 Å². The highest BCUT2D eigenvalue weighted by molar-refractivity contribution is 6.31. The summed E-state index contributed by atoms with van der Waals surface area (Å²) >= 11 is 5.47. The van der Waals surface area contributed by atoms with E-state index in [1.54, 1.807) is 0 Å². The van der Waals surface area contributed by atoms with Gasteiger partial charge in [0.1, 0.15) is 5.82 Å². The number of halogens is 5. The molecule has 1 amide bonds. The second-order valence-corrected chi connectivity index (χ2v) is 5.78. The van der Waals surface area contributed by atoms with Gasteiger partial charge in [0.05, 0.1) is 11.3 Å². The van der Waals surface area contributed by atoms with Gasteiger partial charge in [0, 0.05) is 10.4 Å². The largest absolute Gasteiger partial charge is 0.454 e. The Morgan fingerprint density at radius 1 is 1.14 bits per heavy atom. The van der Waals surface area contributed by atoms with E-state index < -0.39 is 40.3 Å². The Bertz CT molecular complexity index is 591. The standard InChI is InChI=1S/C13H12ClF4NO2/c1-12(2,3)11(21)19-9-7(10(20)13(16,17)18)4-6(14)5-8(9)15/h4-5H,1-3H3,(H,19,21). The fraction of sp³-hybridized carbons (Fsp3) is 0.385. The first kappa shape index (κ1) is 17.4.